The summed E-state index contributed by atoms with van der Waals surface area (Å²) in [6.07, 6.45) is 25.8. The van der Waals surface area contributed by atoms with E-state index >= 15 is 0 Å². The molecule has 12 N–H and O–H groups in total. The van der Waals surface area contributed by atoms with Gasteiger partial charge in [0.15, 0.2) is 0 Å². The number of carboxylic acids is 5. The summed E-state index contributed by atoms with van der Waals surface area (Å²) in [5, 5.41) is 56.9. The molecule has 0 aliphatic carbocycles. The summed E-state index contributed by atoms with van der Waals surface area (Å²) in [6, 6.07) is 72.8. The van der Waals surface area contributed by atoms with Crippen LogP contribution in [0.15, 0.2) is 227 Å². The second kappa shape index (κ2) is 93.6. The molecule has 0 saturated carbocycles. The van der Waals surface area contributed by atoms with Crippen LogP contribution in [0.4, 0.5) is 0 Å². The summed E-state index contributed by atoms with van der Waals surface area (Å²) >= 11 is 18.0. The largest absolute Gasteiger partial charge is 1.00 e. The fourth-order valence-corrected chi connectivity index (χ4v) is 29.1. The maximum atomic E-state index is 11.0. The second-order valence-electron chi connectivity index (χ2n) is 32.3. The van der Waals surface area contributed by atoms with Crippen molar-refractivity contribution in [1.82, 2.24) is 0 Å². The van der Waals surface area contributed by atoms with E-state index in [4.69, 9.17) is 42.7 Å². The van der Waals surface area contributed by atoms with Gasteiger partial charge in [-0.1, -0.05) is 271 Å². The number of benzene rings is 7. The maximum absolute atomic E-state index is 11.0. The van der Waals surface area contributed by atoms with E-state index in [0.717, 1.165) is 198 Å². The van der Waals surface area contributed by atoms with E-state index in [-0.39, 0.29) is 85.4 Å². The van der Waals surface area contributed by atoms with Gasteiger partial charge in [-0.3, -0.25) is 38.4 Å². The van der Waals surface area contributed by atoms with Crippen molar-refractivity contribution in [2.45, 2.75) is 289 Å². The summed E-state index contributed by atoms with van der Waals surface area (Å²) in [5.41, 5.74) is 19.9. The number of hydrogen-bond acceptors (Lipinski definition) is 24. The molecule has 0 saturated heterocycles. The van der Waals surface area contributed by atoms with E-state index in [1.807, 2.05) is 168 Å². The number of aliphatic carboxylic acids is 5. The van der Waals surface area contributed by atoms with E-state index in [2.05, 4.69) is 172 Å². The van der Waals surface area contributed by atoms with Gasteiger partial charge in [-0.15, -0.1) is 47.0 Å². The second-order valence-corrected chi connectivity index (χ2v) is 50.3. The quantitative estimate of drug-likeness (QED) is 0.00562. The molecule has 0 bridgehead atoms. The first kappa shape index (κ1) is 133. The number of hydrogen-bond donors (Lipinski definition) is 9. The SMILES string of the molecule is CCSC(CCCCC(=O)O)CCSc1ccccc1.CCSSCCC(CCCCC(C)=O)SSc1ccccc1.NC(=O)CCSC(CCCCC(=O)O)CCSCc1ccccc1.NC(=O)CSCCC(CCCCC(=O)O)SCC(N)=O.O=C(O)CCCCC(CCSC(O)c1ccccc1)SCc1ccccc1.O=C(O)CCCCC(CCSCc1ccccc1)Sc1ccccc1.[H-].[Na+]. The van der Waals surface area contributed by atoms with Crippen molar-refractivity contribution in [3.8, 4) is 0 Å². The Balaban J connectivity index is 0.00000166. The minimum absolute atomic E-state index is 0. The number of primary amides is 3. The third kappa shape index (κ3) is 85.6. The van der Waals surface area contributed by atoms with Crippen molar-refractivity contribution in [2.24, 2.45) is 17.2 Å². The number of ketones is 1. The van der Waals surface area contributed by atoms with Crippen LogP contribution in [0.1, 0.15) is 249 Å². The standard InChI is InChI=1S/C22H28O3S2.C21H26O2S2.C18H27NO3S2.C17H26OS4.C16H24O2S2.C12H22N2O4S2.Na.H/c23-21(24)14-8-7-13-20(27-17-18-9-3-1-4-10-18)15-16-26-22(25)19-11-5-2-6-12-19;22-21(23)14-8-7-13-20(25-19-11-5-2-6-12-19)15-16-24-17-18-9-3-1-4-10-18;19-17(20)11-13-24-16(8-4-5-9-18(21)22)10-12-23-14-15-6-2-1-3-7-15;1-3-19-20-14-13-17(12-8-7-9-15(2)18)22-21-16-10-5-4-6-11-16;1-2-19-15(10-6-7-11-16(17)18)12-13-20-14-8-4-3-5-9-14;13-10(15)7-19-6-5-9(20-8-11(14)16)3-1-2-4-12(17)18;;/h1-6,9-12,20,22,25H,7-8,13-17H2,(H,23,24);1-6,9-12,20H,7-8,13-17H2,(H,22,23);1-3,6-7,16H,4-5,8-14H2,(H2,19,20)(H,21,22);4-6,10-11,17H,3,7-9,12-14H2,1-2H3;3-5,8-9,15H,2,6-7,10-13H2,1H3,(H,17,18);9H,1-8H2,(H2,13,15)(H2,14,16)(H,17,18);;/q;;;;;;+1;-1. The number of carboxylic acid groups (broad SMARTS) is 5. The molecule has 18 nitrogen and oxygen atoms in total. The molecule has 0 radical (unpaired) electrons. The maximum Gasteiger partial charge on any atom is 1.00 e. The molecule has 0 heterocycles. The van der Waals surface area contributed by atoms with Crippen LogP contribution < -0.4 is 46.8 Å². The fourth-order valence-electron chi connectivity index (χ4n) is 13.1. The number of carbonyl (C=O) groups is 9. The molecule has 3 amide bonds. The number of aliphatic hydroxyl groups is 1. The smallest absolute Gasteiger partial charge is 1.00 e. The number of carbonyl (C=O) groups excluding carboxylic acids is 4. The third-order valence-electron chi connectivity index (χ3n) is 20.3. The Kier molecular flexibility index (Phi) is 89.5. The van der Waals surface area contributed by atoms with Gasteiger partial charge in [-0.05, 0) is 216 Å². The number of nitrogens with two attached hydrogens (primary N) is 3. The molecule has 0 spiro atoms. The molecule has 7 atom stereocenters. The molecule has 7 unspecified atom stereocenters. The van der Waals surface area contributed by atoms with Gasteiger partial charge >= 0.3 is 59.4 Å². The molecule has 0 aromatic heterocycles. The zero-order valence-electron chi connectivity index (χ0n) is 82.9. The topological polar surface area (TPSA) is 353 Å². The van der Waals surface area contributed by atoms with Crippen LogP contribution in [0.5, 0.6) is 0 Å². The molecule has 768 valence electrons. The van der Waals surface area contributed by atoms with Crippen molar-refractivity contribution < 1.29 is 105 Å². The van der Waals surface area contributed by atoms with Crippen molar-refractivity contribution in [3.63, 3.8) is 0 Å². The van der Waals surface area contributed by atoms with Crippen LogP contribution in [0, 0.1) is 0 Å². The molecule has 7 aromatic rings. The molecule has 0 aliphatic heterocycles. The van der Waals surface area contributed by atoms with Gasteiger partial charge in [0.1, 0.15) is 11.2 Å². The summed E-state index contributed by atoms with van der Waals surface area (Å²) < 4.78 is 0. The van der Waals surface area contributed by atoms with Crippen molar-refractivity contribution in [2.75, 3.05) is 63.3 Å². The van der Waals surface area contributed by atoms with E-state index in [0.29, 0.717) is 57.0 Å². The van der Waals surface area contributed by atoms with Crippen LogP contribution in [-0.4, -0.2) is 179 Å². The summed E-state index contributed by atoms with van der Waals surface area (Å²) in [5.74, 6) is 8.69. The minimum Gasteiger partial charge on any atom is -1.00 e. The van der Waals surface area contributed by atoms with Crippen LogP contribution in [0.2, 0.25) is 0 Å². The molecular weight excluding hydrogens is 2030 g/mol. The molecule has 0 fully saturated rings. The molecule has 0 aliphatic rings. The first-order chi connectivity index (χ1) is 66.8. The number of aliphatic hydroxyl groups excluding tert-OH is 1. The van der Waals surface area contributed by atoms with Crippen LogP contribution in [0.25, 0.3) is 0 Å². The molecule has 33 heteroatoms. The molecule has 7 rings (SSSR count). The fraction of sp³-hybridized carbons (Fsp3) is 0.519. The predicted octanol–water partition coefficient (Wildman–Crippen LogP) is 25.4. The summed E-state index contributed by atoms with van der Waals surface area (Å²) in [7, 11) is 7.83. The average molecular weight is 2180 g/mol. The zero-order chi connectivity index (χ0) is 101. The Bertz CT molecular complexity index is 4180. The number of rotatable bonds is 76. The number of unbranched alkanes of at least 4 members (excludes halogenated alkanes) is 6. The van der Waals surface area contributed by atoms with Crippen molar-refractivity contribution in [1.29, 1.82) is 0 Å². The third-order valence-corrected chi connectivity index (χ3v) is 37.9. The summed E-state index contributed by atoms with van der Waals surface area (Å²) in [6.45, 7) is 6.09. The Hall–Kier alpha value is -4.17. The average Bonchev–Trinajstić information content (AvgIpc) is 0.905. The number of Topliss-reactive ketones (excluding diaryl/α,β-unsaturated/α-hetero) is 1. The van der Waals surface area contributed by atoms with Crippen LogP contribution >= 0.6 is 161 Å². The van der Waals surface area contributed by atoms with Gasteiger partial charge in [0, 0.05) is 126 Å². The molecule has 139 heavy (non-hydrogen) atoms. The van der Waals surface area contributed by atoms with Gasteiger partial charge in [-0.25, -0.2) is 0 Å². The van der Waals surface area contributed by atoms with Gasteiger partial charge in [-0.2, -0.15) is 70.6 Å². The van der Waals surface area contributed by atoms with E-state index < -0.39 is 35.3 Å². The van der Waals surface area contributed by atoms with Crippen LogP contribution in [-0.2, 0) is 60.4 Å². The predicted molar refractivity (Wildman–Crippen MR) is 611 cm³/mol. The molecular formula is C106H154N3NaO15S14. The van der Waals surface area contributed by atoms with E-state index in [9.17, 15) is 48.3 Å². The normalized spacial score (nSPS) is 12.2. The Labute approximate surface area is 913 Å². The minimum atomic E-state index is -0.789. The Morgan fingerprint density at radius 2 is 0.655 bits per heavy atom. The molecule has 7 aromatic carbocycles. The number of thioether (sulfide) groups is 10. The first-order valence-corrected chi connectivity index (χ1v) is 63.2. The van der Waals surface area contributed by atoms with E-state index in [1.165, 1.54) is 85.7 Å². The number of amides is 3. The summed E-state index contributed by atoms with van der Waals surface area (Å²) in [4.78, 5) is 100. The van der Waals surface area contributed by atoms with E-state index in [1.54, 1.807) is 30.4 Å². The van der Waals surface area contributed by atoms with Crippen molar-refractivity contribution in [3.05, 3.63) is 235 Å². The van der Waals surface area contributed by atoms with Gasteiger partial charge in [0.05, 0.1) is 11.5 Å². The monoisotopic (exact) mass is 2180 g/mol. The Morgan fingerprint density at radius 1 is 0.302 bits per heavy atom. The van der Waals surface area contributed by atoms with Gasteiger partial charge in [0.25, 0.3) is 0 Å². The van der Waals surface area contributed by atoms with Gasteiger partial charge < -0.3 is 54.1 Å². The van der Waals surface area contributed by atoms with Gasteiger partial charge in [0.2, 0.25) is 17.7 Å². The van der Waals surface area contributed by atoms with Crippen molar-refractivity contribution >= 4 is 214 Å². The van der Waals surface area contributed by atoms with Crippen LogP contribution in [0.3, 0.4) is 0 Å². The first-order valence-electron chi connectivity index (χ1n) is 47.9. The zero-order valence-corrected chi connectivity index (χ0v) is 95.3. The Morgan fingerprint density at radius 3 is 1.08 bits per heavy atom.